The van der Waals surface area contributed by atoms with Crippen molar-refractivity contribution in [3.05, 3.63) is 48.2 Å². The lowest BCUT2D eigenvalue weighted by molar-refractivity contribution is 0.0930. The molecule has 130 valence electrons. The van der Waals surface area contributed by atoms with E-state index in [1.165, 1.54) is 0 Å². The monoisotopic (exact) mass is 358 g/mol. The first-order valence-corrected chi connectivity index (χ1v) is 7.86. The maximum absolute atomic E-state index is 12.6. The van der Waals surface area contributed by atoms with Gasteiger partial charge in [0.2, 0.25) is 0 Å². The Morgan fingerprint density at radius 2 is 1.72 bits per heavy atom. The third kappa shape index (κ3) is 2.61. The lowest BCUT2D eigenvalue weighted by Crippen LogP contribution is -2.35. The minimum atomic E-state index is -0.0470. The Balaban J connectivity index is 0.00000182. The number of carbonyl (C=O) groups is 1. The Morgan fingerprint density at radius 3 is 2.40 bits per heavy atom. The van der Waals surface area contributed by atoms with Crippen LogP contribution in [0, 0.1) is 0 Å². The number of ether oxygens (including phenoxy) is 2. The molecule has 4 rings (SSSR count). The highest BCUT2D eigenvalue weighted by Crippen LogP contribution is 2.41. The van der Waals surface area contributed by atoms with Crippen LogP contribution < -0.4 is 14.8 Å². The molecule has 0 atom stereocenters. The first-order chi connectivity index (χ1) is 11.7. The number of aromatic nitrogens is 1. The van der Waals surface area contributed by atoms with E-state index in [4.69, 9.17) is 9.47 Å². The molecular weight excluding hydrogens is 340 g/mol. The van der Waals surface area contributed by atoms with Gasteiger partial charge in [-0.2, -0.15) is 0 Å². The van der Waals surface area contributed by atoms with Gasteiger partial charge in [-0.1, -0.05) is 30.3 Å². The molecule has 0 fully saturated rings. The summed E-state index contributed by atoms with van der Waals surface area (Å²) in [7, 11) is 3.24. The fraction of sp³-hybridized carbons (Fsp3) is 0.211. The highest BCUT2D eigenvalue weighted by molar-refractivity contribution is 6.11. The Hall–Kier alpha value is -2.66. The Bertz CT molecular complexity index is 935. The van der Waals surface area contributed by atoms with E-state index in [0.717, 1.165) is 28.6 Å². The number of benzene rings is 2. The maximum atomic E-state index is 12.6. The lowest BCUT2D eigenvalue weighted by atomic mass is 10.0. The van der Waals surface area contributed by atoms with E-state index in [9.17, 15) is 4.79 Å². The van der Waals surface area contributed by atoms with Gasteiger partial charge < -0.3 is 19.4 Å². The molecule has 1 aliphatic rings. The molecule has 0 saturated carbocycles. The summed E-state index contributed by atoms with van der Waals surface area (Å²) in [4.78, 5) is 12.6. The summed E-state index contributed by atoms with van der Waals surface area (Å²) >= 11 is 0. The van der Waals surface area contributed by atoms with Crippen LogP contribution in [-0.4, -0.2) is 31.2 Å². The largest absolute Gasteiger partial charge is 0.493 e. The highest BCUT2D eigenvalue weighted by Gasteiger charge is 2.27. The van der Waals surface area contributed by atoms with Gasteiger partial charge in [0.05, 0.1) is 19.7 Å². The van der Waals surface area contributed by atoms with Gasteiger partial charge >= 0.3 is 0 Å². The summed E-state index contributed by atoms with van der Waals surface area (Å²) < 4.78 is 13.0. The summed E-state index contributed by atoms with van der Waals surface area (Å²) in [5, 5.41) is 3.94. The summed E-state index contributed by atoms with van der Waals surface area (Å²) in [6.07, 6.45) is 0. The van der Waals surface area contributed by atoms with Gasteiger partial charge in [-0.15, -0.1) is 12.4 Å². The quantitative estimate of drug-likeness (QED) is 0.779. The summed E-state index contributed by atoms with van der Waals surface area (Å²) in [5.74, 6) is 1.27. The van der Waals surface area contributed by atoms with Crippen LogP contribution in [-0.2, 0) is 6.54 Å². The van der Waals surface area contributed by atoms with Gasteiger partial charge in [0.1, 0.15) is 5.69 Å². The minimum absolute atomic E-state index is 0. The summed E-state index contributed by atoms with van der Waals surface area (Å²) in [6, 6.07) is 13.9. The van der Waals surface area contributed by atoms with Gasteiger partial charge in [-0.05, 0) is 11.6 Å². The molecule has 25 heavy (non-hydrogen) atoms. The average Bonchev–Trinajstić information content (AvgIpc) is 2.96. The SMILES string of the molecule is COc1cc2c(-c3ccccc3)c3n(c2cc1OC)CCNC3=O.Cl. The van der Waals surface area contributed by atoms with E-state index < -0.39 is 0 Å². The van der Waals surface area contributed by atoms with Crippen molar-refractivity contribution < 1.29 is 14.3 Å². The standard InChI is InChI=1S/C19H18N2O3.ClH/c1-23-15-10-13-14(11-16(15)24-2)21-9-8-20-19(22)18(21)17(13)12-6-4-3-5-7-12;/h3-7,10-11H,8-9H2,1-2H3,(H,20,22);1H. The number of hydrogen-bond donors (Lipinski definition) is 1. The number of amides is 1. The molecule has 5 nitrogen and oxygen atoms in total. The molecule has 6 heteroatoms. The predicted octanol–water partition coefficient (Wildman–Crippen LogP) is 3.49. The zero-order valence-electron chi connectivity index (χ0n) is 14.0. The molecule has 2 heterocycles. The second kappa shape index (κ2) is 6.69. The van der Waals surface area contributed by atoms with Gasteiger partial charge in [-0.25, -0.2) is 0 Å². The van der Waals surface area contributed by atoms with Crippen LogP contribution in [0.3, 0.4) is 0 Å². The first-order valence-electron chi connectivity index (χ1n) is 7.86. The molecule has 1 amide bonds. The zero-order chi connectivity index (χ0) is 16.7. The summed E-state index contributed by atoms with van der Waals surface area (Å²) in [6.45, 7) is 1.36. The molecule has 0 bridgehead atoms. The molecular formula is C19H19ClN2O3. The molecule has 0 spiro atoms. The second-order valence-corrected chi connectivity index (χ2v) is 5.72. The topological polar surface area (TPSA) is 52.5 Å². The number of nitrogens with zero attached hydrogens (tertiary/aromatic N) is 1. The van der Waals surface area contributed by atoms with Crippen LogP contribution in [0.5, 0.6) is 11.5 Å². The van der Waals surface area contributed by atoms with Crippen molar-refractivity contribution in [2.24, 2.45) is 0 Å². The van der Waals surface area contributed by atoms with Gasteiger partial charge in [-0.3, -0.25) is 4.79 Å². The van der Waals surface area contributed by atoms with Crippen molar-refractivity contribution in [2.45, 2.75) is 6.54 Å². The van der Waals surface area contributed by atoms with Crippen LogP contribution >= 0.6 is 12.4 Å². The number of carbonyl (C=O) groups excluding carboxylic acids is 1. The fourth-order valence-electron chi connectivity index (χ4n) is 3.41. The first kappa shape index (κ1) is 17.2. The van der Waals surface area contributed by atoms with Crippen LogP contribution in [0.1, 0.15) is 10.5 Å². The number of hydrogen-bond acceptors (Lipinski definition) is 3. The molecule has 2 aromatic carbocycles. The minimum Gasteiger partial charge on any atom is -0.493 e. The summed E-state index contributed by atoms with van der Waals surface area (Å²) in [5.41, 5.74) is 3.62. The lowest BCUT2D eigenvalue weighted by Gasteiger charge is -2.18. The molecule has 0 saturated heterocycles. The number of fused-ring (bicyclic) bond motifs is 3. The van der Waals surface area contributed by atoms with Gasteiger partial charge in [0.25, 0.3) is 5.91 Å². The molecule has 0 radical (unpaired) electrons. The Kier molecular flexibility index (Phi) is 4.59. The van der Waals surface area contributed by atoms with Crippen LogP contribution in [0.25, 0.3) is 22.0 Å². The molecule has 1 aromatic heterocycles. The van der Waals surface area contributed by atoms with Crippen molar-refractivity contribution in [3.63, 3.8) is 0 Å². The predicted molar refractivity (Wildman–Crippen MR) is 100 cm³/mol. The van der Waals surface area contributed by atoms with Crippen molar-refractivity contribution in [3.8, 4) is 22.6 Å². The van der Waals surface area contributed by atoms with Crippen molar-refractivity contribution in [2.75, 3.05) is 20.8 Å². The van der Waals surface area contributed by atoms with Gasteiger partial charge in [0, 0.05) is 30.1 Å². The van der Waals surface area contributed by atoms with E-state index >= 15 is 0 Å². The number of methoxy groups -OCH3 is 2. The van der Waals surface area contributed by atoms with Crippen molar-refractivity contribution in [1.82, 2.24) is 9.88 Å². The van der Waals surface area contributed by atoms with E-state index in [0.29, 0.717) is 23.7 Å². The number of halogens is 1. The maximum Gasteiger partial charge on any atom is 0.268 e. The van der Waals surface area contributed by atoms with Crippen LogP contribution in [0.2, 0.25) is 0 Å². The van der Waals surface area contributed by atoms with E-state index in [1.54, 1.807) is 14.2 Å². The van der Waals surface area contributed by atoms with Crippen LogP contribution in [0.15, 0.2) is 42.5 Å². The third-order valence-electron chi connectivity index (χ3n) is 4.47. The molecule has 3 aromatic rings. The zero-order valence-corrected chi connectivity index (χ0v) is 14.9. The third-order valence-corrected chi connectivity index (χ3v) is 4.47. The van der Waals surface area contributed by atoms with Crippen molar-refractivity contribution in [1.29, 1.82) is 0 Å². The second-order valence-electron chi connectivity index (χ2n) is 5.72. The van der Waals surface area contributed by atoms with Gasteiger partial charge in [0.15, 0.2) is 11.5 Å². The van der Waals surface area contributed by atoms with Crippen LogP contribution in [0.4, 0.5) is 0 Å². The van der Waals surface area contributed by atoms with E-state index in [2.05, 4.69) is 9.88 Å². The smallest absolute Gasteiger partial charge is 0.268 e. The van der Waals surface area contributed by atoms with Crippen molar-refractivity contribution >= 4 is 29.2 Å². The van der Waals surface area contributed by atoms with E-state index in [-0.39, 0.29) is 18.3 Å². The Labute approximate surface area is 151 Å². The molecule has 0 unspecified atom stereocenters. The Morgan fingerprint density at radius 1 is 1.04 bits per heavy atom. The molecule has 1 aliphatic heterocycles. The molecule has 1 N–H and O–H groups in total. The fourth-order valence-corrected chi connectivity index (χ4v) is 3.41. The molecule has 0 aliphatic carbocycles. The number of nitrogens with one attached hydrogen (secondary N) is 1. The number of rotatable bonds is 3. The highest BCUT2D eigenvalue weighted by atomic mass is 35.5. The normalized spacial score (nSPS) is 13.0. The van der Waals surface area contributed by atoms with E-state index in [1.807, 2.05) is 42.5 Å². The average molecular weight is 359 g/mol.